The molecule has 1 heterocycles. The van der Waals surface area contributed by atoms with Gasteiger partial charge in [-0.15, -0.1) is 11.3 Å². The maximum Gasteiger partial charge on any atom is 0.261 e. The number of likely N-dealkylation sites (N-methyl/N-ethyl adjacent to an activating group) is 1. The lowest BCUT2D eigenvalue weighted by atomic mass is 10.1. The lowest BCUT2D eigenvalue weighted by molar-refractivity contribution is -0.134. The van der Waals surface area contributed by atoms with Crippen LogP contribution in [0.1, 0.15) is 22.1 Å². The number of nitrogen functional groups attached to an aromatic ring is 1. The van der Waals surface area contributed by atoms with E-state index in [4.69, 9.17) is 5.73 Å². The van der Waals surface area contributed by atoms with Gasteiger partial charge in [-0.3, -0.25) is 9.59 Å². The Morgan fingerprint density at radius 2 is 1.82 bits per heavy atom. The number of nitrogens with two attached hydrogens (primary N) is 1. The van der Waals surface area contributed by atoms with Crippen LogP contribution in [-0.4, -0.2) is 30.8 Å². The third-order valence-corrected chi connectivity index (χ3v) is 5.15. The van der Waals surface area contributed by atoms with Crippen molar-refractivity contribution in [3.63, 3.8) is 0 Å². The number of rotatable bonds is 5. The van der Waals surface area contributed by atoms with Crippen LogP contribution in [0.4, 0.5) is 15.8 Å². The van der Waals surface area contributed by atoms with Crippen LogP contribution in [0.3, 0.4) is 0 Å². The van der Waals surface area contributed by atoms with Crippen molar-refractivity contribution in [2.45, 2.75) is 6.17 Å². The zero-order chi connectivity index (χ0) is 20.3. The van der Waals surface area contributed by atoms with Crippen LogP contribution >= 0.6 is 11.3 Å². The average molecular weight is 397 g/mol. The summed E-state index contributed by atoms with van der Waals surface area (Å²) in [6.45, 7) is 0. The summed E-state index contributed by atoms with van der Waals surface area (Å²) in [6.07, 6.45) is -1.76. The van der Waals surface area contributed by atoms with Crippen molar-refractivity contribution >= 4 is 34.5 Å². The van der Waals surface area contributed by atoms with Gasteiger partial charge in [-0.25, -0.2) is 4.39 Å². The highest BCUT2D eigenvalue weighted by atomic mass is 32.1. The topological polar surface area (TPSA) is 75.4 Å². The van der Waals surface area contributed by atoms with Gasteiger partial charge in [0.2, 0.25) is 6.17 Å². The molecule has 0 aliphatic carbocycles. The number of thiophene rings is 1. The molecule has 2 aromatic carbocycles. The summed E-state index contributed by atoms with van der Waals surface area (Å²) in [6, 6.07) is 15.2. The molecule has 1 unspecified atom stereocenters. The van der Waals surface area contributed by atoms with Gasteiger partial charge in [0.25, 0.3) is 11.8 Å². The predicted molar refractivity (Wildman–Crippen MR) is 111 cm³/mol. The van der Waals surface area contributed by atoms with Crippen LogP contribution in [0.2, 0.25) is 0 Å². The van der Waals surface area contributed by atoms with Crippen molar-refractivity contribution < 1.29 is 14.0 Å². The fourth-order valence-corrected chi connectivity index (χ4v) is 3.35. The fraction of sp³-hybridized carbons (Fsp3) is 0.143. The van der Waals surface area contributed by atoms with Crippen LogP contribution in [0.15, 0.2) is 60.0 Å². The molecule has 0 radical (unpaired) electrons. The number of amides is 2. The van der Waals surface area contributed by atoms with E-state index in [0.717, 1.165) is 10.4 Å². The largest absolute Gasteiger partial charge is 0.397 e. The molecule has 3 aromatic rings. The number of hydrogen-bond acceptors (Lipinski definition) is 4. The number of hydrogen-bond donors (Lipinski definition) is 2. The van der Waals surface area contributed by atoms with Crippen LogP contribution in [0.25, 0.3) is 10.4 Å². The van der Waals surface area contributed by atoms with E-state index in [1.54, 1.807) is 17.4 Å². The molecule has 0 saturated carbocycles. The van der Waals surface area contributed by atoms with Gasteiger partial charge >= 0.3 is 0 Å². The number of anilines is 2. The Labute approximate surface area is 166 Å². The smallest absolute Gasteiger partial charge is 0.261 e. The number of benzene rings is 2. The first-order valence-electron chi connectivity index (χ1n) is 8.57. The third kappa shape index (κ3) is 4.20. The van der Waals surface area contributed by atoms with Gasteiger partial charge in [0, 0.05) is 24.5 Å². The SMILES string of the molecule is CN(C)C(=O)C(F)c1ccc(C(=O)Nc2cc(-c3cccs3)ccc2N)cc1. The highest BCUT2D eigenvalue weighted by molar-refractivity contribution is 7.13. The Morgan fingerprint density at radius 1 is 1.11 bits per heavy atom. The van der Waals surface area contributed by atoms with Crippen molar-refractivity contribution in [2.75, 3.05) is 25.1 Å². The standard InChI is InChI=1S/C21H20FN3O2S/c1-25(2)21(27)19(22)13-5-7-14(8-6-13)20(26)24-17-12-15(9-10-16(17)23)18-4-3-11-28-18/h3-12,19H,23H2,1-2H3,(H,24,26). The summed E-state index contributed by atoms with van der Waals surface area (Å²) in [5.41, 5.74) is 8.45. The predicted octanol–water partition coefficient (Wildman–Crippen LogP) is 4.35. The van der Waals surface area contributed by atoms with Gasteiger partial charge < -0.3 is 16.0 Å². The van der Waals surface area contributed by atoms with Crippen molar-refractivity contribution in [1.29, 1.82) is 0 Å². The van der Waals surface area contributed by atoms with E-state index in [1.807, 2.05) is 29.6 Å². The van der Waals surface area contributed by atoms with Gasteiger partial charge in [0.15, 0.2) is 0 Å². The molecule has 0 aliphatic rings. The first kappa shape index (κ1) is 19.6. The fourth-order valence-electron chi connectivity index (χ4n) is 2.63. The summed E-state index contributed by atoms with van der Waals surface area (Å²) in [5, 5.41) is 4.77. The highest BCUT2D eigenvalue weighted by Gasteiger charge is 2.21. The zero-order valence-electron chi connectivity index (χ0n) is 15.5. The summed E-state index contributed by atoms with van der Waals surface area (Å²) >= 11 is 1.59. The van der Waals surface area contributed by atoms with E-state index in [1.165, 1.54) is 43.3 Å². The zero-order valence-corrected chi connectivity index (χ0v) is 16.3. The molecule has 1 aromatic heterocycles. The maximum absolute atomic E-state index is 14.2. The van der Waals surface area contributed by atoms with E-state index in [-0.39, 0.29) is 11.5 Å². The molecule has 2 amide bonds. The van der Waals surface area contributed by atoms with Crippen molar-refractivity contribution in [1.82, 2.24) is 4.90 Å². The molecular formula is C21H20FN3O2S. The average Bonchev–Trinajstić information content (AvgIpc) is 3.23. The summed E-state index contributed by atoms with van der Waals surface area (Å²) < 4.78 is 14.2. The summed E-state index contributed by atoms with van der Waals surface area (Å²) in [7, 11) is 2.98. The Bertz CT molecular complexity index is 985. The van der Waals surface area contributed by atoms with Crippen LogP contribution < -0.4 is 11.1 Å². The van der Waals surface area contributed by atoms with Gasteiger partial charge in [-0.05, 0) is 46.8 Å². The number of alkyl halides is 1. The van der Waals surface area contributed by atoms with E-state index < -0.39 is 12.1 Å². The Balaban J connectivity index is 1.76. The van der Waals surface area contributed by atoms with E-state index in [0.29, 0.717) is 16.9 Å². The Kier molecular flexibility index (Phi) is 5.75. The number of carbonyl (C=O) groups is 2. The van der Waals surface area contributed by atoms with Gasteiger partial charge in [0.1, 0.15) is 0 Å². The molecule has 0 saturated heterocycles. The number of nitrogens with one attached hydrogen (secondary N) is 1. The molecule has 3 N–H and O–H groups in total. The van der Waals surface area contributed by atoms with Gasteiger partial charge in [-0.1, -0.05) is 24.3 Å². The lowest BCUT2D eigenvalue weighted by Crippen LogP contribution is -2.26. The van der Waals surface area contributed by atoms with Gasteiger partial charge in [0.05, 0.1) is 11.4 Å². The molecule has 28 heavy (non-hydrogen) atoms. The minimum Gasteiger partial charge on any atom is -0.397 e. The number of halogens is 1. The van der Waals surface area contributed by atoms with E-state index in [9.17, 15) is 14.0 Å². The molecule has 144 valence electrons. The summed E-state index contributed by atoms with van der Waals surface area (Å²) in [5.74, 6) is -1.01. The molecule has 0 bridgehead atoms. The van der Waals surface area contributed by atoms with E-state index >= 15 is 0 Å². The van der Waals surface area contributed by atoms with Gasteiger partial charge in [-0.2, -0.15) is 0 Å². The second kappa shape index (κ2) is 8.22. The first-order chi connectivity index (χ1) is 13.4. The lowest BCUT2D eigenvalue weighted by Gasteiger charge is -2.14. The molecule has 0 spiro atoms. The molecule has 0 fully saturated rings. The normalized spacial score (nSPS) is 11.7. The Hall–Kier alpha value is -3.19. The molecule has 3 rings (SSSR count). The minimum absolute atomic E-state index is 0.203. The Morgan fingerprint density at radius 3 is 2.43 bits per heavy atom. The second-order valence-electron chi connectivity index (χ2n) is 6.45. The number of nitrogens with zero attached hydrogens (tertiary/aromatic N) is 1. The monoisotopic (exact) mass is 397 g/mol. The molecule has 7 heteroatoms. The number of carbonyl (C=O) groups excluding carboxylic acids is 2. The maximum atomic E-state index is 14.2. The van der Waals surface area contributed by atoms with Crippen molar-refractivity contribution in [2.24, 2.45) is 0 Å². The van der Waals surface area contributed by atoms with Crippen LogP contribution in [0.5, 0.6) is 0 Å². The van der Waals surface area contributed by atoms with Crippen molar-refractivity contribution in [3.8, 4) is 10.4 Å². The van der Waals surface area contributed by atoms with Crippen LogP contribution in [-0.2, 0) is 4.79 Å². The van der Waals surface area contributed by atoms with E-state index in [2.05, 4.69) is 5.32 Å². The minimum atomic E-state index is -1.76. The third-order valence-electron chi connectivity index (χ3n) is 4.23. The summed E-state index contributed by atoms with van der Waals surface area (Å²) in [4.78, 5) is 26.5. The molecule has 0 aliphatic heterocycles. The first-order valence-corrected chi connectivity index (χ1v) is 9.44. The highest BCUT2D eigenvalue weighted by Crippen LogP contribution is 2.30. The van der Waals surface area contributed by atoms with Crippen LogP contribution in [0, 0.1) is 0 Å². The van der Waals surface area contributed by atoms with Crippen molar-refractivity contribution in [3.05, 3.63) is 71.1 Å². The molecule has 5 nitrogen and oxygen atoms in total. The quantitative estimate of drug-likeness (QED) is 0.629. The molecular weight excluding hydrogens is 377 g/mol. The molecule has 1 atom stereocenters. The second-order valence-corrected chi connectivity index (χ2v) is 7.40.